The molecule has 1 aromatic rings. The molecule has 0 radical (unpaired) electrons. The quantitative estimate of drug-likeness (QED) is 0.651. The lowest BCUT2D eigenvalue weighted by atomic mass is 10.2. The largest absolute Gasteiger partial charge is 0.373 e. The van der Waals surface area contributed by atoms with E-state index in [0.717, 1.165) is 11.4 Å². The van der Waals surface area contributed by atoms with Crippen LogP contribution in [0.1, 0.15) is 11.1 Å². The van der Waals surface area contributed by atoms with E-state index in [-0.39, 0.29) is 0 Å². The van der Waals surface area contributed by atoms with Crippen molar-refractivity contribution in [3.05, 3.63) is 23.4 Å². The van der Waals surface area contributed by atoms with Gasteiger partial charge in [-0.3, -0.25) is 0 Å². The van der Waals surface area contributed by atoms with Crippen molar-refractivity contribution < 1.29 is 0 Å². The van der Waals surface area contributed by atoms with Crippen LogP contribution in [0.5, 0.6) is 0 Å². The van der Waals surface area contributed by atoms with Crippen molar-refractivity contribution in [3.63, 3.8) is 0 Å². The number of nitrogens with one attached hydrogen (secondary N) is 1. The highest BCUT2D eigenvalue weighted by atomic mass is 14.9. The Hall–Kier alpha value is -1.56. The standard InChI is InChI=1S/C8H9N3/c1-6-3-8(10-2)11-5-7(6)4-9/h3,5H,1-2H3,(H,10,11). The van der Waals surface area contributed by atoms with Crippen molar-refractivity contribution in [3.8, 4) is 6.07 Å². The highest BCUT2D eigenvalue weighted by Crippen LogP contribution is 2.09. The average molecular weight is 147 g/mol. The van der Waals surface area contributed by atoms with E-state index >= 15 is 0 Å². The lowest BCUT2D eigenvalue weighted by Crippen LogP contribution is -1.93. The Balaban J connectivity index is 3.12. The summed E-state index contributed by atoms with van der Waals surface area (Å²) >= 11 is 0. The van der Waals surface area contributed by atoms with E-state index in [0.29, 0.717) is 5.56 Å². The predicted molar refractivity (Wildman–Crippen MR) is 43.2 cm³/mol. The summed E-state index contributed by atoms with van der Waals surface area (Å²) in [4.78, 5) is 4.00. The third kappa shape index (κ3) is 1.47. The summed E-state index contributed by atoms with van der Waals surface area (Å²) in [6.07, 6.45) is 1.57. The van der Waals surface area contributed by atoms with E-state index in [1.807, 2.05) is 13.0 Å². The SMILES string of the molecule is CNc1cc(C)c(C#N)cn1. The molecule has 0 atom stereocenters. The van der Waals surface area contributed by atoms with E-state index < -0.39 is 0 Å². The molecule has 0 saturated heterocycles. The first kappa shape index (κ1) is 7.55. The van der Waals surface area contributed by atoms with Crippen LogP contribution in [-0.2, 0) is 0 Å². The van der Waals surface area contributed by atoms with Crippen molar-refractivity contribution in [1.82, 2.24) is 4.98 Å². The zero-order valence-electron chi connectivity index (χ0n) is 6.55. The molecule has 0 aromatic carbocycles. The van der Waals surface area contributed by atoms with Gasteiger partial charge in [0.05, 0.1) is 5.56 Å². The number of rotatable bonds is 1. The van der Waals surface area contributed by atoms with Gasteiger partial charge in [0.15, 0.2) is 0 Å². The number of hydrogen-bond donors (Lipinski definition) is 1. The number of aryl methyl sites for hydroxylation is 1. The first-order valence-electron chi connectivity index (χ1n) is 3.32. The fourth-order valence-corrected chi connectivity index (χ4v) is 0.810. The van der Waals surface area contributed by atoms with Crippen LogP contribution in [0.15, 0.2) is 12.3 Å². The van der Waals surface area contributed by atoms with Crippen LogP contribution < -0.4 is 5.32 Å². The Morgan fingerprint density at radius 1 is 1.64 bits per heavy atom. The van der Waals surface area contributed by atoms with E-state index in [1.165, 1.54) is 0 Å². The summed E-state index contributed by atoms with van der Waals surface area (Å²) in [7, 11) is 1.80. The molecule has 0 saturated carbocycles. The molecule has 11 heavy (non-hydrogen) atoms. The molecular weight excluding hydrogens is 138 g/mol. The van der Waals surface area contributed by atoms with Gasteiger partial charge in [0.1, 0.15) is 11.9 Å². The molecule has 0 aliphatic rings. The van der Waals surface area contributed by atoms with Gasteiger partial charge in [-0.25, -0.2) is 4.98 Å². The van der Waals surface area contributed by atoms with Crippen LogP contribution in [0, 0.1) is 18.3 Å². The summed E-state index contributed by atoms with van der Waals surface area (Å²) in [6.45, 7) is 1.89. The fraction of sp³-hybridized carbons (Fsp3) is 0.250. The van der Waals surface area contributed by atoms with Crippen LogP contribution in [-0.4, -0.2) is 12.0 Å². The van der Waals surface area contributed by atoms with Gasteiger partial charge in [-0.1, -0.05) is 0 Å². The first-order valence-corrected chi connectivity index (χ1v) is 3.32. The number of anilines is 1. The molecule has 0 amide bonds. The monoisotopic (exact) mass is 147 g/mol. The second-order valence-electron chi connectivity index (χ2n) is 2.25. The zero-order valence-corrected chi connectivity index (χ0v) is 6.55. The molecule has 0 spiro atoms. The second kappa shape index (κ2) is 3.02. The van der Waals surface area contributed by atoms with E-state index in [9.17, 15) is 0 Å². The maximum Gasteiger partial charge on any atom is 0.125 e. The molecule has 1 aromatic heterocycles. The van der Waals surface area contributed by atoms with Gasteiger partial charge in [-0.05, 0) is 18.6 Å². The third-order valence-corrected chi connectivity index (χ3v) is 1.49. The molecule has 0 aliphatic carbocycles. The fourth-order valence-electron chi connectivity index (χ4n) is 0.810. The van der Waals surface area contributed by atoms with E-state index in [2.05, 4.69) is 16.4 Å². The van der Waals surface area contributed by atoms with Crippen molar-refractivity contribution >= 4 is 5.82 Å². The lowest BCUT2D eigenvalue weighted by Gasteiger charge is -2.00. The maximum absolute atomic E-state index is 8.57. The number of aromatic nitrogens is 1. The van der Waals surface area contributed by atoms with Gasteiger partial charge < -0.3 is 5.32 Å². The topological polar surface area (TPSA) is 48.7 Å². The van der Waals surface area contributed by atoms with E-state index in [1.54, 1.807) is 13.2 Å². The van der Waals surface area contributed by atoms with Crippen molar-refractivity contribution in [2.45, 2.75) is 6.92 Å². The Morgan fingerprint density at radius 3 is 2.82 bits per heavy atom. The minimum Gasteiger partial charge on any atom is -0.373 e. The van der Waals surface area contributed by atoms with Crippen LogP contribution in [0.25, 0.3) is 0 Å². The molecule has 0 fully saturated rings. The summed E-state index contributed by atoms with van der Waals surface area (Å²) in [5, 5.41) is 11.5. The molecule has 56 valence electrons. The molecule has 1 rings (SSSR count). The summed E-state index contributed by atoms with van der Waals surface area (Å²) < 4.78 is 0. The Kier molecular flexibility index (Phi) is 2.07. The minimum absolute atomic E-state index is 0.629. The van der Waals surface area contributed by atoms with Gasteiger partial charge in [0.2, 0.25) is 0 Å². The van der Waals surface area contributed by atoms with Crippen LogP contribution in [0.3, 0.4) is 0 Å². The average Bonchev–Trinajstić information content (AvgIpc) is 2.04. The second-order valence-corrected chi connectivity index (χ2v) is 2.25. The normalized spacial score (nSPS) is 8.82. The predicted octanol–water partition coefficient (Wildman–Crippen LogP) is 1.30. The summed E-state index contributed by atoms with van der Waals surface area (Å²) in [5.74, 6) is 0.793. The number of hydrogen-bond acceptors (Lipinski definition) is 3. The molecule has 1 heterocycles. The lowest BCUT2D eigenvalue weighted by molar-refractivity contribution is 1.23. The van der Waals surface area contributed by atoms with Gasteiger partial charge in [-0.15, -0.1) is 0 Å². The smallest absolute Gasteiger partial charge is 0.125 e. The first-order chi connectivity index (χ1) is 5.27. The molecular formula is C8H9N3. The Labute approximate surface area is 65.7 Å². The third-order valence-electron chi connectivity index (χ3n) is 1.49. The maximum atomic E-state index is 8.57. The van der Waals surface area contributed by atoms with Gasteiger partial charge in [0.25, 0.3) is 0 Å². The molecule has 3 nitrogen and oxygen atoms in total. The van der Waals surface area contributed by atoms with Gasteiger partial charge in [0, 0.05) is 13.2 Å². The molecule has 0 aliphatic heterocycles. The van der Waals surface area contributed by atoms with Crippen LogP contribution in [0.2, 0.25) is 0 Å². The number of nitrogens with zero attached hydrogens (tertiary/aromatic N) is 2. The summed E-state index contributed by atoms with van der Waals surface area (Å²) in [6, 6.07) is 3.90. The highest BCUT2D eigenvalue weighted by Gasteiger charge is 1.97. The van der Waals surface area contributed by atoms with Crippen molar-refractivity contribution in [1.29, 1.82) is 5.26 Å². The molecule has 1 N–H and O–H groups in total. The van der Waals surface area contributed by atoms with Crippen LogP contribution in [0.4, 0.5) is 5.82 Å². The molecule has 0 unspecified atom stereocenters. The van der Waals surface area contributed by atoms with Crippen LogP contribution >= 0.6 is 0 Å². The molecule has 0 bridgehead atoms. The highest BCUT2D eigenvalue weighted by molar-refractivity contribution is 5.44. The minimum atomic E-state index is 0.629. The van der Waals surface area contributed by atoms with Crippen molar-refractivity contribution in [2.75, 3.05) is 12.4 Å². The zero-order chi connectivity index (χ0) is 8.27. The van der Waals surface area contributed by atoms with Gasteiger partial charge >= 0.3 is 0 Å². The Morgan fingerprint density at radius 2 is 2.36 bits per heavy atom. The number of pyridine rings is 1. The van der Waals surface area contributed by atoms with Crippen molar-refractivity contribution in [2.24, 2.45) is 0 Å². The summed E-state index contributed by atoms with van der Waals surface area (Å²) in [5.41, 5.74) is 1.58. The number of nitriles is 1. The molecule has 3 heteroatoms. The van der Waals surface area contributed by atoms with Gasteiger partial charge in [-0.2, -0.15) is 5.26 Å². The Bertz CT molecular complexity index is 299. The van der Waals surface area contributed by atoms with E-state index in [4.69, 9.17) is 5.26 Å².